The van der Waals surface area contributed by atoms with Crippen molar-refractivity contribution in [2.45, 2.75) is 65.8 Å². The van der Waals surface area contributed by atoms with Gasteiger partial charge in [0.2, 0.25) is 5.76 Å². The maximum atomic E-state index is 13.8. The van der Waals surface area contributed by atoms with Crippen LogP contribution < -0.4 is 14.9 Å². The molecule has 1 amide bonds. The summed E-state index contributed by atoms with van der Waals surface area (Å²) in [6.07, 6.45) is 4.91. The van der Waals surface area contributed by atoms with Gasteiger partial charge in [0.25, 0.3) is 5.91 Å². The lowest BCUT2D eigenvalue weighted by Crippen LogP contribution is -2.30. The van der Waals surface area contributed by atoms with Crippen LogP contribution in [0.2, 0.25) is 5.02 Å². The van der Waals surface area contributed by atoms with Gasteiger partial charge in [0.15, 0.2) is 16.9 Å². The van der Waals surface area contributed by atoms with E-state index in [0.29, 0.717) is 52.8 Å². The maximum Gasteiger partial charge on any atom is 0.290 e. The summed E-state index contributed by atoms with van der Waals surface area (Å²) in [6, 6.07) is 8.44. The Morgan fingerprint density at radius 1 is 0.972 bits per heavy atom. The summed E-state index contributed by atoms with van der Waals surface area (Å²) < 4.78 is 18.0. The van der Waals surface area contributed by atoms with E-state index < -0.39 is 6.04 Å². The summed E-state index contributed by atoms with van der Waals surface area (Å²) in [5.74, 6) is 1.10. The third kappa shape index (κ3) is 4.96. The van der Waals surface area contributed by atoms with E-state index in [2.05, 4.69) is 13.8 Å². The molecule has 1 unspecified atom stereocenters. The number of amides is 1. The maximum absolute atomic E-state index is 13.8. The Hall–Kier alpha value is -2.99. The van der Waals surface area contributed by atoms with Crippen molar-refractivity contribution >= 4 is 28.5 Å². The number of carbonyl (C=O) groups is 1. The van der Waals surface area contributed by atoms with Gasteiger partial charge in [-0.25, -0.2) is 0 Å². The third-order valence-electron chi connectivity index (χ3n) is 6.59. The zero-order chi connectivity index (χ0) is 25.8. The minimum absolute atomic E-state index is 0.105. The van der Waals surface area contributed by atoms with Gasteiger partial charge in [0, 0.05) is 11.6 Å². The molecule has 1 aliphatic rings. The molecule has 2 aromatic carbocycles. The van der Waals surface area contributed by atoms with Crippen molar-refractivity contribution in [2.24, 2.45) is 0 Å². The van der Waals surface area contributed by atoms with Crippen molar-refractivity contribution in [3.63, 3.8) is 0 Å². The quantitative estimate of drug-likeness (QED) is 0.257. The van der Waals surface area contributed by atoms with Crippen molar-refractivity contribution in [3.05, 3.63) is 68.0 Å². The van der Waals surface area contributed by atoms with Crippen LogP contribution in [0, 0.1) is 6.92 Å². The largest absolute Gasteiger partial charge is 0.490 e. The number of aryl methyl sites for hydroxylation is 1. The lowest BCUT2D eigenvalue weighted by atomic mass is 9.97. The number of ether oxygens (including phenoxy) is 2. The number of carbonyl (C=O) groups excluding carboxylic acids is 1. The van der Waals surface area contributed by atoms with Crippen LogP contribution in [0.3, 0.4) is 0 Å². The van der Waals surface area contributed by atoms with Crippen LogP contribution in [0.25, 0.3) is 11.0 Å². The van der Waals surface area contributed by atoms with Gasteiger partial charge in [-0.2, -0.15) is 0 Å². The minimum Gasteiger partial charge on any atom is -0.490 e. The predicted molar refractivity (Wildman–Crippen MR) is 143 cm³/mol. The first kappa shape index (κ1) is 26.1. The molecular weight excluding hydrogens is 478 g/mol. The fourth-order valence-electron chi connectivity index (χ4n) is 4.66. The lowest BCUT2D eigenvalue weighted by molar-refractivity contribution is 0.0725. The molecule has 0 saturated heterocycles. The van der Waals surface area contributed by atoms with Crippen LogP contribution in [0.1, 0.15) is 86.2 Å². The molecule has 6 nitrogen and oxygen atoms in total. The summed E-state index contributed by atoms with van der Waals surface area (Å²) in [5, 5.41) is 0.863. The van der Waals surface area contributed by atoms with E-state index in [0.717, 1.165) is 43.2 Å². The SMILES string of the molecule is CCCCCOc1ccc(C2c3c(oc4cc(C)c(Cl)cc4c3=O)C(=O)N2CCCC)cc1OCC. The third-order valence-corrected chi connectivity index (χ3v) is 7.00. The normalized spacial score (nSPS) is 15.0. The highest BCUT2D eigenvalue weighted by Crippen LogP contribution is 2.41. The Bertz CT molecular complexity index is 1320. The molecule has 0 spiro atoms. The second-order valence-electron chi connectivity index (χ2n) is 9.22. The molecule has 3 aromatic rings. The fourth-order valence-corrected chi connectivity index (χ4v) is 4.83. The minimum atomic E-state index is -0.576. The Morgan fingerprint density at radius 2 is 1.75 bits per heavy atom. The summed E-state index contributed by atoms with van der Waals surface area (Å²) in [5.41, 5.74) is 2.06. The van der Waals surface area contributed by atoms with Crippen LogP contribution >= 0.6 is 11.6 Å². The number of fused-ring (bicyclic) bond motifs is 2. The van der Waals surface area contributed by atoms with Gasteiger partial charge >= 0.3 is 0 Å². The number of hydrogen-bond acceptors (Lipinski definition) is 5. The van der Waals surface area contributed by atoms with Crippen molar-refractivity contribution in [1.29, 1.82) is 0 Å². The summed E-state index contributed by atoms with van der Waals surface area (Å²) >= 11 is 6.34. The van der Waals surface area contributed by atoms with E-state index in [1.807, 2.05) is 32.0 Å². The average Bonchev–Trinajstić information content (AvgIpc) is 3.14. The smallest absolute Gasteiger partial charge is 0.290 e. The van der Waals surface area contributed by atoms with Crippen molar-refractivity contribution in [1.82, 2.24) is 4.90 Å². The van der Waals surface area contributed by atoms with E-state index >= 15 is 0 Å². The zero-order valence-corrected chi connectivity index (χ0v) is 22.2. The number of benzene rings is 2. The molecular formula is C29H34ClNO5. The Balaban J connectivity index is 1.83. The molecule has 1 aromatic heterocycles. The van der Waals surface area contributed by atoms with Crippen LogP contribution in [0.5, 0.6) is 11.5 Å². The molecule has 4 rings (SSSR count). The highest BCUT2D eigenvalue weighted by atomic mass is 35.5. The molecule has 1 atom stereocenters. The average molecular weight is 512 g/mol. The van der Waals surface area contributed by atoms with Gasteiger partial charge in [0.1, 0.15) is 5.58 Å². The Labute approximate surface area is 217 Å². The topological polar surface area (TPSA) is 69.0 Å². The number of unbranched alkanes of at least 4 members (excludes halogenated alkanes) is 3. The van der Waals surface area contributed by atoms with E-state index in [-0.39, 0.29) is 17.1 Å². The van der Waals surface area contributed by atoms with Crippen molar-refractivity contribution in [3.8, 4) is 11.5 Å². The van der Waals surface area contributed by atoms with Gasteiger partial charge in [-0.15, -0.1) is 0 Å². The van der Waals surface area contributed by atoms with Gasteiger partial charge in [0.05, 0.1) is 30.2 Å². The molecule has 0 bridgehead atoms. The molecule has 0 fully saturated rings. The predicted octanol–water partition coefficient (Wildman–Crippen LogP) is 7.07. The lowest BCUT2D eigenvalue weighted by Gasteiger charge is -2.25. The molecule has 7 heteroatoms. The van der Waals surface area contributed by atoms with Crippen LogP contribution in [-0.4, -0.2) is 30.6 Å². The molecule has 192 valence electrons. The Kier molecular flexibility index (Phi) is 8.24. The Morgan fingerprint density at radius 3 is 2.47 bits per heavy atom. The molecule has 2 heterocycles. The van der Waals surface area contributed by atoms with Gasteiger partial charge in [-0.3, -0.25) is 9.59 Å². The highest BCUT2D eigenvalue weighted by Gasteiger charge is 2.42. The van der Waals surface area contributed by atoms with E-state index in [1.54, 1.807) is 17.0 Å². The van der Waals surface area contributed by atoms with E-state index in [4.69, 9.17) is 25.5 Å². The highest BCUT2D eigenvalue weighted by molar-refractivity contribution is 6.32. The van der Waals surface area contributed by atoms with Gasteiger partial charge in [-0.05, 0) is 62.1 Å². The van der Waals surface area contributed by atoms with Crippen molar-refractivity contribution in [2.75, 3.05) is 19.8 Å². The summed E-state index contributed by atoms with van der Waals surface area (Å²) in [7, 11) is 0. The van der Waals surface area contributed by atoms with E-state index in [1.165, 1.54) is 0 Å². The molecule has 0 radical (unpaired) electrons. The van der Waals surface area contributed by atoms with Gasteiger partial charge in [-0.1, -0.05) is 50.8 Å². The number of rotatable bonds is 11. The standard InChI is InChI=1S/C29H34ClNO5/c1-5-8-10-14-35-22-12-11-19(16-24(22)34-7-3)26-25-27(32)20-17-21(30)18(4)15-23(20)36-28(25)29(33)31(26)13-9-6-2/h11-12,15-17,26H,5-10,13-14H2,1-4H3. The number of halogens is 1. The van der Waals surface area contributed by atoms with Crippen LogP contribution in [-0.2, 0) is 0 Å². The molecule has 0 N–H and O–H groups in total. The van der Waals surface area contributed by atoms with Crippen molar-refractivity contribution < 1.29 is 18.7 Å². The first-order chi connectivity index (χ1) is 17.4. The fraction of sp³-hybridized carbons (Fsp3) is 0.448. The molecule has 36 heavy (non-hydrogen) atoms. The zero-order valence-electron chi connectivity index (χ0n) is 21.5. The van der Waals surface area contributed by atoms with Crippen LogP contribution in [0.4, 0.5) is 0 Å². The first-order valence-electron chi connectivity index (χ1n) is 12.9. The molecule has 0 saturated carbocycles. The number of nitrogens with zero attached hydrogens (tertiary/aromatic N) is 1. The number of hydrogen-bond donors (Lipinski definition) is 0. The van der Waals surface area contributed by atoms with Crippen LogP contribution in [0.15, 0.2) is 39.5 Å². The van der Waals surface area contributed by atoms with E-state index in [9.17, 15) is 9.59 Å². The molecule has 0 aliphatic carbocycles. The summed E-state index contributed by atoms with van der Waals surface area (Å²) in [4.78, 5) is 29.0. The van der Waals surface area contributed by atoms with Gasteiger partial charge < -0.3 is 18.8 Å². The molecule has 1 aliphatic heterocycles. The first-order valence-corrected chi connectivity index (χ1v) is 13.3. The monoisotopic (exact) mass is 511 g/mol. The second-order valence-corrected chi connectivity index (χ2v) is 9.63. The summed E-state index contributed by atoms with van der Waals surface area (Å²) in [6.45, 7) is 9.58. The second kappa shape index (κ2) is 11.4.